The maximum absolute atomic E-state index is 14.4. The second-order valence-corrected chi connectivity index (χ2v) is 15.3. The number of hydrogen-bond donors (Lipinski definition) is 5. The van der Waals surface area contributed by atoms with Crippen LogP contribution in [0, 0.1) is 30.6 Å². The van der Waals surface area contributed by atoms with Crippen molar-refractivity contribution in [3.63, 3.8) is 0 Å². The Kier molecular flexibility index (Phi) is 14.6. The van der Waals surface area contributed by atoms with Gasteiger partial charge in [-0.05, 0) is 33.8 Å². The number of aliphatic hydroxyl groups excluding tert-OH is 2. The van der Waals surface area contributed by atoms with Gasteiger partial charge in [0, 0.05) is 80.3 Å². The molecule has 0 saturated heterocycles. The van der Waals surface area contributed by atoms with Gasteiger partial charge < -0.3 is 54.3 Å². The fourth-order valence-corrected chi connectivity index (χ4v) is 7.56. The first-order chi connectivity index (χ1) is 27.2. The maximum atomic E-state index is 14.4. The van der Waals surface area contributed by atoms with Crippen LogP contribution >= 0.6 is 0 Å². The Morgan fingerprint density at radius 1 is 0.948 bits per heavy atom. The lowest BCUT2D eigenvalue weighted by Gasteiger charge is -2.38. The van der Waals surface area contributed by atoms with E-state index in [0.29, 0.717) is 13.1 Å². The SMILES string of the molecule is CCN(CC)C(=O)COc1cc2c(O)c3c(O)c(C)c4c(c13)C(=O)[C@@](C)(O/C=C/[C@H](OC)[C@H](C)[C@@H](OC(C)=O)[C@@H](C)[C@@H](O)[C@H](C)[C@H](O)[C@H](C)/C=C/C=C(/C)C(=O)N2)O4. The van der Waals surface area contributed by atoms with Gasteiger partial charge in [-0.1, -0.05) is 45.9 Å². The van der Waals surface area contributed by atoms with E-state index in [0.717, 1.165) is 0 Å². The average Bonchev–Trinajstić information content (AvgIpc) is 3.45. The Bertz CT molecular complexity index is 1990. The highest BCUT2D eigenvalue weighted by Gasteiger charge is 2.49. The molecule has 5 bridgehead atoms. The second kappa shape index (κ2) is 18.6. The van der Waals surface area contributed by atoms with E-state index in [9.17, 15) is 39.6 Å². The number of hydrogen-bond acceptors (Lipinski definition) is 13. The first-order valence-corrected chi connectivity index (χ1v) is 19.5. The van der Waals surface area contributed by atoms with Crippen LogP contribution < -0.4 is 14.8 Å². The molecule has 0 aromatic heterocycles. The Morgan fingerprint density at radius 3 is 2.21 bits per heavy atom. The average molecular weight is 811 g/mol. The lowest BCUT2D eigenvalue weighted by atomic mass is 9.78. The lowest BCUT2D eigenvalue weighted by Crippen LogP contribution is -2.46. The number of anilines is 1. The van der Waals surface area contributed by atoms with Crippen molar-refractivity contribution in [2.45, 2.75) is 99.4 Å². The molecule has 3 aliphatic heterocycles. The van der Waals surface area contributed by atoms with Gasteiger partial charge in [0.15, 0.2) is 12.4 Å². The summed E-state index contributed by atoms with van der Waals surface area (Å²) in [5.41, 5.74) is -0.00860. The Hall–Kier alpha value is -5.12. The summed E-state index contributed by atoms with van der Waals surface area (Å²) in [5.74, 6) is -8.01. The molecule has 0 aliphatic carbocycles. The van der Waals surface area contributed by atoms with E-state index in [1.165, 1.54) is 59.3 Å². The van der Waals surface area contributed by atoms with Crippen molar-refractivity contribution in [2.75, 3.05) is 32.1 Å². The third-order valence-electron chi connectivity index (χ3n) is 11.3. The largest absolute Gasteiger partial charge is 0.507 e. The third-order valence-corrected chi connectivity index (χ3v) is 11.3. The summed E-state index contributed by atoms with van der Waals surface area (Å²) in [5, 5.41) is 48.4. The molecule has 0 unspecified atom stereocenters. The summed E-state index contributed by atoms with van der Waals surface area (Å²) in [6.45, 7) is 16.5. The number of Topliss-reactive ketones (excluding diaryl/α,β-unsaturated/α-hetero) is 1. The van der Waals surface area contributed by atoms with Crippen molar-refractivity contribution in [3.8, 4) is 23.0 Å². The number of nitrogens with one attached hydrogen (secondary N) is 1. The van der Waals surface area contributed by atoms with E-state index < -0.39 is 89.6 Å². The van der Waals surface area contributed by atoms with Crippen LogP contribution in [0.4, 0.5) is 5.69 Å². The fourth-order valence-electron chi connectivity index (χ4n) is 7.56. The van der Waals surface area contributed by atoms with Crippen LogP contribution in [0.15, 0.2) is 42.2 Å². The first-order valence-electron chi connectivity index (χ1n) is 19.5. The number of esters is 1. The number of allylic oxidation sites excluding steroid dienone is 2. The van der Waals surface area contributed by atoms with Gasteiger partial charge in [-0.2, -0.15) is 0 Å². The van der Waals surface area contributed by atoms with E-state index in [-0.39, 0.29) is 50.6 Å². The minimum atomic E-state index is -2.02. The highest BCUT2D eigenvalue weighted by Crippen LogP contribution is 2.54. The van der Waals surface area contributed by atoms with Crippen LogP contribution in [0.5, 0.6) is 23.0 Å². The van der Waals surface area contributed by atoms with Gasteiger partial charge in [0.1, 0.15) is 23.4 Å². The number of fused-ring (bicyclic) bond motifs is 14. The molecule has 5 rings (SSSR count). The Labute approximate surface area is 339 Å². The van der Waals surface area contributed by atoms with Crippen LogP contribution in [0.2, 0.25) is 0 Å². The van der Waals surface area contributed by atoms with E-state index in [1.807, 2.05) is 13.8 Å². The van der Waals surface area contributed by atoms with Gasteiger partial charge >= 0.3 is 11.8 Å². The van der Waals surface area contributed by atoms with Crippen LogP contribution in [-0.4, -0.2) is 106 Å². The van der Waals surface area contributed by atoms with Crippen molar-refractivity contribution in [1.82, 2.24) is 4.90 Å². The number of nitrogens with zero attached hydrogens (tertiary/aromatic N) is 1. The van der Waals surface area contributed by atoms with Gasteiger partial charge in [0.05, 0.1) is 41.2 Å². The number of ether oxygens (including phenoxy) is 5. The van der Waals surface area contributed by atoms with Crippen molar-refractivity contribution >= 4 is 40.0 Å². The van der Waals surface area contributed by atoms with E-state index in [4.69, 9.17) is 23.7 Å². The number of benzene rings is 2. The molecular formula is C43H58N2O13. The summed E-state index contributed by atoms with van der Waals surface area (Å²) in [7, 11) is 1.44. The van der Waals surface area contributed by atoms with Gasteiger partial charge in [0.2, 0.25) is 0 Å². The fraction of sp³-hybridized carbons (Fsp3) is 0.535. The number of amides is 2. The zero-order chi connectivity index (χ0) is 43.4. The zero-order valence-electron chi connectivity index (χ0n) is 35.1. The normalized spacial score (nSPS) is 30.1. The molecule has 0 fully saturated rings. The smallest absolute Gasteiger partial charge is 0.312 e. The number of ketones is 1. The molecule has 318 valence electrons. The Morgan fingerprint density at radius 2 is 1.60 bits per heavy atom. The predicted octanol–water partition coefficient (Wildman–Crippen LogP) is 5.30. The number of aromatic hydroxyl groups is 2. The minimum Gasteiger partial charge on any atom is -0.507 e. The molecule has 5 N–H and O–H groups in total. The molecule has 0 spiro atoms. The topological polar surface area (TPSA) is 211 Å². The first kappa shape index (κ1) is 45.6. The molecule has 2 aromatic rings. The number of carbonyl (C=O) groups is 4. The lowest BCUT2D eigenvalue weighted by molar-refractivity contribution is -0.160. The summed E-state index contributed by atoms with van der Waals surface area (Å²) in [4.78, 5) is 54.9. The molecule has 0 saturated carbocycles. The second-order valence-electron chi connectivity index (χ2n) is 15.3. The minimum absolute atomic E-state index is 0.0574. The highest BCUT2D eigenvalue weighted by molar-refractivity contribution is 6.21. The predicted molar refractivity (Wildman–Crippen MR) is 216 cm³/mol. The van der Waals surface area contributed by atoms with Gasteiger partial charge in [-0.25, -0.2) is 0 Å². The summed E-state index contributed by atoms with van der Waals surface area (Å²) in [6.07, 6.45) is 3.60. The molecule has 58 heavy (non-hydrogen) atoms. The summed E-state index contributed by atoms with van der Waals surface area (Å²) < 4.78 is 29.7. The van der Waals surface area contributed by atoms with Crippen LogP contribution in [0.25, 0.3) is 10.8 Å². The number of methoxy groups -OCH3 is 1. The molecule has 9 atom stereocenters. The van der Waals surface area contributed by atoms with E-state index in [2.05, 4.69) is 5.32 Å². The number of carbonyl (C=O) groups excluding carboxylic acids is 4. The molecule has 0 radical (unpaired) electrons. The molecule has 3 aliphatic rings. The molecule has 2 amide bonds. The molecular weight excluding hydrogens is 752 g/mol. The van der Waals surface area contributed by atoms with E-state index >= 15 is 0 Å². The van der Waals surface area contributed by atoms with Crippen LogP contribution in [0.3, 0.4) is 0 Å². The molecule has 15 heteroatoms. The number of aliphatic hydroxyl groups is 2. The molecule has 2 aromatic carbocycles. The number of rotatable bonds is 7. The number of likely N-dealkylation sites (N-methyl/N-ethyl adjacent to an activating group) is 1. The molecule has 3 heterocycles. The van der Waals surface area contributed by atoms with Crippen molar-refractivity contribution < 1.29 is 63.3 Å². The summed E-state index contributed by atoms with van der Waals surface area (Å²) >= 11 is 0. The van der Waals surface area contributed by atoms with E-state index in [1.54, 1.807) is 44.7 Å². The van der Waals surface area contributed by atoms with Crippen LogP contribution in [0.1, 0.15) is 78.2 Å². The zero-order valence-corrected chi connectivity index (χ0v) is 35.1. The molecule has 15 nitrogen and oxygen atoms in total. The standard InChI is InChI=1S/C43H58N2O13/c1-12-45(13-2)31(47)20-55-30-19-28-38(51)33-32(30)34-40(26(8)37(33)50)58-43(10,41(34)52)56-18-17-29(54-11)23(5)39(57-27(9)46)25(7)36(49)24(6)35(48)21(3)15-14-16-22(4)42(53)44-28/h14-19,21,23-25,29,35-36,39,48-51H,12-13,20H2,1-11H3,(H,44,53)/b15-14+,18-17+,22-16-/t21-,23+,24-,25+,29+,35-,36+,39-,43+/m1/s1. The summed E-state index contributed by atoms with van der Waals surface area (Å²) in [6, 6.07) is 1.27. The monoisotopic (exact) mass is 810 g/mol. The van der Waals surface area contributed by atoms with Gasteiger partial charge in [-0.3, -0.25) is 19.2 Å². The number of phenolic OH excluding ortho intramolecular Hbond substituents is 2. The highest BCUT2D eigenvalue weighted by atomic mass is 16.7. The van der Waals surface area contributed by atoms with Crippen molar-refractivity contribution in [2.24, 2.45) is 23.7 Å². The maximum Gasteiger partial charge on any atom is 0.312 e. The van der Waals surface area contributed by atoms with Crippen molar-refractivity contribution in [1.29, 1.82) is 0 Å². The van der Waals surface area contributed by atoms with Gasteiger partial charge in [0.25, 0.3) is 17.6 Å². The third kappa shape index (κ3) is 9.11. The number of phenols is 2. The van der Waals surface area contributed by atoms with Gasteiger partial charge in [-0.15, -0.1) is 0 Å². The Balaban J connectivity index is 1.94. The van der Waals surface area contributed by atoms with Crippen LogP contribution in [-0.2, 0) is 28.6 Å². The quantitative estimate of drug-likeness (QED) is 0.178. The van der Waals surface area contributed by atoms with Crippen molar-refractivity contribution in [3.05, 3.63) is 53.3 Å².